The van der Waals surface area contributed by atoms with Crippen molar-refractivity contribution in [2.75, 3.05) is 12.9 Å². The van der Waals surface area contributed by atoms with Gasteiger partial charge < -0.3 is 4.74 Å². The number of thioether (sulfide) groups is 1. The number of aromatic nitrogens is 2. The molecule has 0 bridgehead atoms. The van der Waals surface area contributed by atoms with E-state index >= 15 is 0 Å². The van der Waals surface area contributed by atoms with E-state index in [4.69, 9.17) is 0 Å². The van der Waals surface area contributed by atoms with E-state index in [1.807, 2.05) is 26.8 Å². The van der Waals surface area contributed by atoms with Crippen LogP contribution in [0.2, 0.25) is 0 Å². The number of esters is 1. The maximum absolute atomic E-state index is 11.2. The summed E-state index contributed by atoms with van der Waals surface area (Å²) in [6, 6.07) is 0. The van der Waals surface area contributed by atoms with Crippen LogP contribution >= 0.6 is 11.8 Å². The molecular formula is C13H18N2O2S. The van der Waals surface area contributed by atoms with Crippen LogP contribution in [-0.2, 0) is 9.53 Å². The van der Waals surface area contributed by atoms with Gasteiger partial charge in [0.25, 0.3) is 0 Å². The first-order chi connectivity index (χ1) is 8.45. The number of methoxy groups -OCH3 is 1. The standard InChI is InChI=1S/C13H18N2O2S/c1-8(12(16)17-5)6-7-18-13-14-10(3)9(2)11(4)15-13/h6H,7H2,1-5H3. The van der Waals surface area contributed by atoms with Gasteiger partial charge in [-0.1, -0.05) is 17.8 Å². The second-order valence-electron chi connectivity index (χ2n) is 3.99. The molecule has 0 unspecified atom stereocenters. The van der Waals surface area contributed by atoms with Crippen LogP contribution in [0.5, 0.6) is 0 Å². The van der Waals surface area contributed by atoms with Gasteiger partial charge in [-0.15, -0.1) is 0 Å². The highest BCUT2D eigenvalue weighted by Crippen LogP contribution is 2.17. The maximum atomic E-state index is 11.2. The van der Waals surface area contributed by atoms with Gasteiger partial charge in [-0.2, -0.15) is 0 Å². The SMILES string of the molecule is COC(=O)C(C)=CCSc1nc(C)c(C)c(C)n1. The smallest absolute Gasteiger partial charge is 0.333 e. The molecule has 0 amide bonds. The molecule has 1 aromatic heterocycles. The van der Waals surface area contributed by atoms with Crippen LogP contribution in [0.3, 0.4) is 0 Å². The van der Waals surface area contributed by atoms with Gasteiger partial charge in [0.05, 0.1) is 7.11 Å². The Morgan fingerprint density at radius 1 is 1.28 bits per heavy atom. The Hall–Kier alpha value is -1.36. The third-order valence-corrected chi connectivity index (χ3v) is 3.50. The predicted octanol–water partition coefficient (Wildman–Crippen LogP) is 2.61. The summed E-state index contributed by atoms with van der Waals surface area (Å²) in [6.07, 6.45) is 1.82. The van der Waals surface area contributed by atoms with Gasteiger partial charge in [0.2, 0.25) is 0 Å². The highest BCUT2D eigenvalue weighted by atomic mass is 32.2. The van der Waals surface area contributed by atoms with Gasteiger partial charge in [0.1, 0.15) is 0 Å². The minimum Gasteiger partial charge on any atom is -0.466 e. The molecule has 0 saturated carbocycles. The van der Waals surface area contributed by atoms with E-state index in [-0.39, 0.29) is 5.97 Å². The van der Waals surface area contributed by atoms with Crippen molar-refractivity contribution in [1.29, 1.82) is 0 Å². The first-order valence-corrected chi connectivity index (χ1v) is 6.64. The highest BCUT2D eigenvalue weighted by Gasteiger charge is 2.05. The van der Waals surface area contributed by atoms with Crippen molar-refractivity contribution in [2.24, 2.45) is 0 Å². The van der Waals surface area contributed by atoms with E-state index in [1.165, 1.54) is 18.9 Å². The van der Waals surface area contributed by atoms with Crippen molar-refractivity contribution < 1.29 is 9.53 Å². The fourth-order valence-electron chi connectivity index (χ4n) is 1.29. The number of carbonyl (C=O) groups is 1. The van der Waals surface area contributed by atoms with E-state index < -0.39 is 0 Å². The summed E-state index contributed by atoms with van der Waals surface area (Å²) in [6.45, 7) is 7.70. The summed E-state index contributed by atoms with van der Waals surface area (Å²) in [4.78, 5) is 20.0. The molecule has 0 aliphatic carbocycles. The molecule has 0 saturated heterocycles. The van der Waals surface area contributed by atoms with Crippen LogP contribution < -0.4 is 0 Å². The van der Waals surface area contributed by atoms with Gasteiger partial charge in [0.15, 0.2) is 5.16 Å². The number of hydrogen-bond donors (Lipinski definition) is 0. The molecule has 1 aromatic rings. The van der Waals surface area contributed by atoms with E-state index in [0.717, 1.165) is 22.1 Å². The lowest BCUT2D eigenvalue weighted by atomic mass is 10.2. The minimum atomic E-state index is -0.298. The summed E-state index contributed by atoms with van der Waals surface area (Å²) < 4.78 is 4.62. The average molecular weight is 266 g/mol. The van der Waals surface area contributed by atoms with Gasteiger partial charge in [0, 0.05) is 22.7 Å². The van der Waals surface area contributed by atoms with Gasteiger partial charge >= 0.3 is 5.97 Å². The molecule has 0 aromatic carbocycles. The zero-order valence-corrected chi connectivity index (χ0v) is 12.2. The molecule has 4 nitrogen and oxygen atoms in total. The second-order valence-corrected chi connectivity index (χ2v) is 4.98. The summed E-state index contributed by atoms with van der Waals surface area (Å²) >= 11 is 1.51. The van der Waals surface area contributed by atoms with E-state index in [1.54, 1.807) is 6.92 Å². The first-order valence-electron chi connectivity index (χ1n) is 5.65. The maximum Gasteiger partial charge on any atom is 0.333 e. The predicted molar refractivity (Wildman–Crippen MR) is 72.7 cm³/mol. The fourth-order valence-corrected chi connectivity index (χ4v) is 2.18. The lowest BCUT2D eigenvalue weighted by molar-refractivity contribution is -0.136. The number of nitrogens with zero attached hydrogens (tertiary/aromatic N) is 2. The molecule has 0 radical (unpaired) electrons. The molecule has 1 rings (SSSR count). The van der Waals surface area contributed by atoms with Crippen molar-refractivity contribution in [1.82, 2.24) is 9.97 Å². The lowest BCUT2D eigenvalue weighted by Crippen LogP contribution is -2.02. The monoisotopic (exact) mass is 266 g/mol. The fraction of sp³-hybridized carbons (Fsp3) is 0.462. The zero-order chi connectivity index (χ0) is 13.7. The largest absolute Gasteiger partial charge is 0.466 e. The molecule has 18 heavy (non-hydrogen) atoms. The Labute approximate surface area is 112 Å². The van der Waals surface area contributed by atoms with Crippen LogP contribution in [0, 0.1) is 20.8 Å². The summed E-state index contributed by atoms with van der Waals surface area (Å²) in [7, 11) is 1.38. The lowest BCUT2D eigenvalue weighted by Gasteiger charge is -2.05. The Balaban J connectivity index is 2.68. The normalized spacial score (nSPS) is 11.5. The molecule has 0 atom stereocenters. The van der Waals surface area contributed by atoms with Crippen molar-refractivity contribution in [3.63, 3.8) is 0 Å². The van der Waals surface area contributed by atoms with Gasteiger partial charge in [-0.25, -0.2) is 14.8 Å². The molecule has 98 valence electrons. The van der Waals surface area contributed by atoms with Crippen LogP contribution in [0.4, 0.5) is 0 Å². The Kier molecular flexibility index (Phi) is 5.34. The minimum absolute atomic E-state index is 0.298. The Morgan fingerprint density at radius 3 is 2.33 bits per heavy atom. The third kappa shape index (κ3) is 3.84. The Bertz CT molecular complexity index is 461. The number of aryl methyl sites for hydroxylation is 2. The third-order valence-electron chi connectivity index (χ3n) is 2.72. The quantitative estimate of drug-likeness (QED) is 0.363. The number of carbonyl (C=O) groups excluding carboxylic acids is 1. The molecule has 5 heteroatoms. The zero-order valence-electron chi connectivity index (χ0n) is 11.4. The van der Waals surface area contributed by atoms with E-state index in [2.05, 4.69) is 14.7 Å². The number of ether oxygens (including phenoxy) is 1. The van der Waals surface area contributed by atoms with Crippen molar-refractivity contribution >= 4 is 17.7 Å². The van der Waals surface area contributed by atoms with Crippen molar-refractivity contribution in [2.45, 2.75) is 32.9 Å². The molecule has 0 spiro atoms. The number of hydrogen-bond acceptors (Lipinski definition) is 5. The van der Waals surface area contributed by atoms with Gasteiger partial charge in [-0.3, -0.25) is 0 Å². The van der Waals surface area contributed by atoms with Crippen LogP contribution in [0.15, 0.2) is 16.8 Å². The Morgan fingerprint density at radius 2 is 1.83 bits per heavy atom. The van der Waals surface area contributed by atoms with Crippen LogP contribution in [0.1, 0.15) is 23.9 Å². The second kappa shape index (κ2) is 6.54. The van der Waals surface area contributed by atoms with E-state index in [9.17, 15) is 4.79 Å². The summed E-state index contributed by atoms with van der Waals surface area (Å²) in [5, 5.41) is 0.740. The van der Waals surface area contributed by atoms with Gasteiger partial charge in [-0.05, 0) is 33.3 Å². The van der Waals surface area contributed by atoms with Crippen LogP contribution in [-0.4, -0.2) is 28.8 Å². The molecule has 0 fully saturated rings. The summed E-state index contributed by atoms with van der Waals surface area (Å²) in [5.74, 6) is 0.357. The molecule has 0 aliphatic rings. The first kappa shape index (κ1) is 14.7. The number of rotatable bonds is 4. The average Bonchev–Trinajstić information content (AvgIpc) is 2.34. The van der Waals surface area contributed by atoms with E-state index in [0.29, 0.717) is 11.3 Å². The van der Waals surface area contributed by atoms with Crippen molar-refractivity contribution in [3.8, 4) is 0 Å². The molecular weight excluding hydrogens is 248 g/mol. The topological polar surface area (TPSA) is 52.1 Å². The highest BCUT2D eigenvalue weighted by molar-refractivity contribution is 7.99. The molecule has 1 heterocycles. The molecule has 0 N–H and O–H groups in total. The van der Waals surface area contributed by atoms with Crippen molar-refractivity contribution in [3.05, 3.63) is 28.6 Å². The summed E-state index contributed by atoms with van der Waals surface area (Å²) in [5.41, 5.74) is 3.73. The van der Waals surface area contributed by atoms with Crippen LogP contribution in [0.25, 0.3) is 0 Å². The molecule has 0 aliphatic heterocycles.